The molecule has 0 atom stereocenters. The van der Waals surface area contributed by atoms with Crippen LogP contribution in [-0.4, -0.2) is 36.9 Å². The van der Waals surface area contributed by atoms with Crippen molar-refractivity contribution in [2.75, 3.05) is 25.0 Å². The normalized spacial score (nSPS) is 14.3. The van der Waals surface area contributed by atoms with Crippen LogP contribution in [0.4, 0.5) is 5.69 Å². The molecule has 0 aliphatic carbocycles. The van der Waals surface area contributed by atoms with Crippen LogP contribution in [0, 0.1) is 0 Å². The van der Waals surface area contributed by atoms with Gasteiger partial charge in [-0.1, -0.05) is 6.07 Å². The molecule has 0 aromatic heterocycles. The van der Waals surface area contributed by atoms with Gasteiger partial charge in [-0.05, 0) is 25.0 Å². The molecule has 0 unspecified atom stereocenters. The number of nitrogens with one attached hydrogen (secondary N) is 1. The molecular weight excluding hydrogens is 232 g/mol. The van der Waals surface area contributed by atoms with E-state index in [1.807, 2.05) is 4.90 Å². The fourth-order valence-corrected chi connectivity index (χ4v) is 1.95. The lowest BCUT2D eigenvalue weighted by atomic mass is 10.3. The highest BCUT2D eigenvalue weighted by atomic mass is 16.5. The Morgan fingerprint density at radius 3 is 2.89 bits per heavy atom. The molecule has 1 aliphatic rings. The molecule has 0 bridgehead atoms. The van der Waals surface area contributed by atoms with Crippen LogP contribution in [0.25, 0.3) is 0 Å². The van der Waals surface area contributed by atoms with Crippen molar-refractivity contribution in [3.8, 4) is 5.75 Å². The lowest BCUT2D eigenvalue weighted by Gasteiger charge is -2.15. The van der Waals surface area contributed by atoms with Gasteiger partial charge in [0, 0.05) is 24.8 Å². The predicted molar refractivity (Wildman–Crippen MR) is 67.4 cm³/mol. The Bertz CT molecular complexity index is 428. The number of rotatable bonds is 5. The molecule has 1 aromatic carbocycles. The van der Waals surface area contributed by atoms with E-state index in [0.717, 1.165) is 25.9 Å². The van der Waals surface area contributed by atoms with Gasteiger partial charge in [0.1, 0.15) is 5.75 Å². The number of nitrogens with zero attached hydrogens (tertiary/aromatic N) is 1. The van der Waals surface area contributed by atoms with Gasteiger partial charge in [-0.25, -0.2) is 0 Å². The van der Waals surface area contributed by atoms with Gasteiger partial charge in [0.25, 0.3) is 5.91 Å². The lowest BCUT2D eigenvalue weighted by molar-refractivity contribution is -0.132. The molecule has 1 N–H and O–H groups in total. The van der Waals surface area contributed by atoms with E-state index in [2.05, 4.69) is 5.32 Å². The summed E-state index contributed by atoms with van der Waals surface area (Å²) < 4.78 is 5.42. The summed E-state index contributed by atoms with van der Waals surface area (Å²) in [6.07, 6.45) is 2.75. The molecule has 18 heavy (non-hydrogen) atoms. The largest absolute Gasteiger partial charge is 0.484 e. The van der Waals surface area contributed by atoms with Crippen LogP contribution in [0.5, 0.6) is 5.75 Å². The molecule has 2 amide bonds. The Labute approximate surface area is 106 Å². The summed E-state index contributed by atoms with van der Waals surface area (Å²) in [7, 11) is 0. The number of carbonyl (C=O) groups excluding carboxylic acids is 2. The monoisotopic (exact) mass is 248 g/mol. The maximum atomic E-state index is 11.8. The van der Waals surface area contributed by atoms with Gasteiger partial charge in [0.05, 0.1) is 0 Å². The van der Waals surface area contributed by atoms with E-state index in [1.54, 1.807) is 24.3 Å². The summed E-state index contributed by atoms with van der Waals surface area (Å²) in [5, 5.41) is 2.53. The minimum Gasteiger partial charge on any atom is -0.484 e. The van der Waals surface area contributed by atoms with Crippen molar-refractivity contribution in [1.29, 1.82) is 0 Å². The van der Waals surface area contributed by atoms with Crippen LogP contribution < -0.4 is 10.1 Å². The van der Waals surface area contributed by atoms with E-state index in [4.69, 9.17) is 4.74 Å². The summed E-state index contributed by atoms with van der Waals surface area (Å²) in [5.74, 6) is 0.593. The summed E-state index contributed by atoms with van der Waals surface area (Å²) in [4.78, 5) is 23.9. The highest BCUT2D eigenvalue weighted by molar-refractivity contribution is 5.78. The lowest BCUT2D eigenvalue weighted by Crippen LogP contribution is -2.32. The van der Waals surface area contributed by atoms with Gasteiger partial charge in [-0.3, -0.25) is 9.59 Å². The zero-order chi connectivity index (χ0) is 12.8. The second kappa shape index (κ2) is 6.05. The van der Waals surface area contributed by atoms with E-state index in [-0.39, 0.29) is 12.5 Å². The van der Waals surface area contributed by atoms with Crippen LogP contribution in [-0.2, 0) is 9.59 Å². The number of amides is 2. The van der Waals surface area contributed by atoms with Crippen molar-refractivity contribution in [2.45, 2.75) is 12.8 Å². The molecule has 1 saturated heterocycles. The van der Waals surface area contributed by atoms with Crippen molar-refractivity contribution in [1.82, 2.24) is 4.90 Å². The zero-order valence-corrected chi connectivity index (χ0v) is 10.1. The highest BCUT2D eigenvalue weighted by Gasteiger charge is 2.17. The highest BCUT2D eigenvalue weighted by Crippen LogP contribution is 2.17. The average Bonchev–Trinajstić information content (AvgIpc) is 2.91. The van der Waals surface area contributed by atoms with Gasteiger partial charge < -0.3 is 15.0 Å². The third-order valence-electron chi connectivity index (χ3n) is 2.88. The zero-order valence-electron chi connectivity index (χ0n) is 10.1. The minimum atomic E-state index is 0.0150. The van der Waals surface area contributed by atoms with E-state index >= 15 is 0 Å². The van der Waals surface area contributed by atoms with Gasteiger partial charge >= 0.3 is 0 Å². The molecule has 1 heterocycles. The number of carbonyl (C=O) groups is 2. The van der Waals surface area contributed by atoms with Crippen LogP contribution in [0.2, 0.25) is 0 Å². The third kappa shape index (κ3) is 3.23. The molecule has 1 fully saturated rings. The Kier molecular flexibility index (Phi) is 4.17. The molecule has 96 valence electrons. The number of likely N-dealkylation sites (tertiary alicyclic amines) is 1. The van der Waals surface area contributed by atoms with E-state index in [1.165, 1.54) is 0 Å². The van der Waals surface area contributed by atoms with Crippen molar-refractivity contribution < 1.29 is 14.3 Å². The Morgan fingerprint density at radius 1 is 1.39 bits per heavy atom. The molecule has 5 heteroatoms. The fraction of sp³-hybridized carbons (Fsp3) is 0.385. The van der Waals surface area contributed by atoms with Crippen molar-refractivity contribution in [2.24, 2.45) is 0 Å². The molecule has 0 saturated carbocycles. The second-order valence-electron chi connectivity index (χ2n) is 4.17. The SMILES string of the molecule is O=CNc1cccc(OCC(=O)N2CCCC2)c1. The topological polar surface area (TPSA) is 58.6 Å². The molecule has 1 aromatic rings. The first-order valence-corrected chi connectivity index (χ1v) is 6.00. The third-order valence-corrected chi connectivity index (χ3v) is 2.88. The second-order valence-corrected chi connectivity index (χ2v) is 4.17. The Morgan fingerprint density at radius 2 is 2.17 bits per heavy atom. The van der Waals surface area contributed by atoms with Crippen LogP contribution >= 0.6 is 0 Å². The molecule has 0 radical (unpaired) electrons. The predicted octanol–water partition coefficient (Wildman–Crippen LogP) is 1.26. The molecule has 1 aliphatic heterocycles. The molecule has 0 spiro atoms. The summed E-state index contributed by atoms with van der Waals surface area (Å²) in [5.41, 5.74) is 0.649. The van der Waals surface area contributed by atoms with E-state index in [0.29, 0.717) is 17.8 Å². The minimum absolute atomic E-state index is 0.0150. The molecule has 2 rings (SSSR count). The summed E-state index contributed by atoms with van der Waals surface area (Å²) >= 11 is 0. The Hall–Kier alpha value is -2.04. The van der Waals surface area contributed by atoms with E-state index < -0.39 is 0 Å². The maximum Gasteiger partial charge on any atom is 0.260 e. The standard InChI is InChI=1S/C13H16N2O3/c16-10-14-11-4-3-5-12(8-11)18-9-13(17)15-6-1-2-7-15/h3-5,8,10H,1-2,6-7,9H2,(H,14,16). The van der Waals surface area contributed by atoms with Crippen molar-refractivity contribution in [3.05, 3.63) is 24.3 Å². The number of hydrogen-bond donors (Lipinski definition) is 1. The first kappa shape index (κ1) is 12.4. The smallest absolute Gasteiger partial charge is 0.260 e. The first-order chi connectivity index (χ1) is 8.79. The quantitative estimate of drug-likeness (QED) is 0.798. The van der Waals surface area contributed by atoms with Gasteiger partial charge in [-0.2, -0.15) is 0 Å². The maximum absolute atomic E-state index is 11.8. The molecular formula is C13H16N2O3. The van der Waals surface area contributed by atoms with Crippen LogP contribution in [0.15, 0.2) is 24.3 Å². The Balaban J connectivity index is 1.87. The number of hydrogen-bond acceptors (Lipinski definition) is 3. The number of anilines is 1. The average molecular weight is 248 g/mol. The summed E-state index contributed by atoms with van der Waals surface area (Å²) in [6, 6.07) is 6.96. The van der Waals surface area contributed by atoms with Gasteiger partial charge in [0.15, 0.2) is 6.61 Å². The fourth-order valence-electron chi connectivity index (χ4n) is 1.95. The first-order valence-electron chi connectivity index (χ1n) is 6.00. The number of benzene rings is 1. The van der Waals surface area contributed by atoms with Gasteiger partial charge in [0.2, 0.25) is 6.41 Å². The van der Waals surface area contributed by atoms with E-state index in [9.17, 15) is 9.59 Å². The number of ether oxygens (including phenoxy) is 1. The summed E-state index contributed by atoms with van der Waals surface area (Å²) in [6.45, 7) is 1.70. The van der Waals surface area contributed by atoms with Crippen molar-refractivity contribution >= 4 is 18.0 Å². The van der Waals surface area contributed by atoms with Crippen LogP contribution in [0.1, 0.15) is 12.8 Å². The van der Waals surface area contributed by atoms with Gasteiger partial charge in [-0.15, -0.1) is 0 Å². The van der Waals surface area contributed by atoms with Crippen molar-refractivity contribution in [3.63, 3.8) is 0 Å². The van der Waals surface area contributed by atoms with Crippen LogP contribution in [0.3, 0.4) is 0 Å². The molecule has 5 nitrogen and oxygen atoms in total.